The van der Waals surface area contributed by atoms with Crippen LogP contribution in [0.5, 0.6) is 0 Å². The highest BCUT2D eigenvalue weighted by Gasteiger charge is 2.12. The Morgan fingerprint density at radius 3 is 2.16 bits per heavy atom. The Morgan fingerprint density at radius 2 is 1.58 bits per heavy atom. The molecule has 172 valence electrons. The average molecular weight is 431 g/mol. The third kappa shape index (κ3) is 8.81. The van der Waals surface area contributed by atoms with Crippen molar-refractivity contribution in [2.24, 2.45) is 0 Å². The SMILES string of the molecule is CC(C)NCCOCCOCCNC(=O)c1ccc(C(C)n2cc(C(C)C)cn2)cc1. The predicted octanol–water partition coefficient (Wildman–Crippen LogP) is 3.38. The first-order valence-electron chi connectivity index (χ1n) is 11.2. The Hall–Kier alpha value is -2.22. The zero-order valence-corrected chi connectivity index (χ0v) is 19.6. The number of carbonyl (C=O) groups excluding carboxylic acids is 1. The third-order valence-electron chi connectivity index (χ3n) is 5.04. The molecule has 0 spiro atoms. The summed E-state index contributed by atoms with van der Waals surface area (Å²) in [4.78, 5) is 12.3. The fraction of sp³-hybridized carbons (Fsp3) is 0.583. The number of nitrogens with zero attached hydrogens (tertiary/aromatic N) is 2. The van der Waals surface area contributed by atoms with Crippen molar-refractivity contribution in [1.29, 1.82) is 0 Å². The number of rotatable bonds is 14. The normalized spacial score (nSPS) is 12.5. The number of ether oxygens (including phenoxy) is 2. The molecule has 0 saturated carbocycles. The van der Waals surface area contributed by atoms with E-state index in [0.29, 0.717) is 50.5 Å². The van der Waals surface area contributed by atoms with Crippen LogP contribution in [-0.4, -0.2) is 61.2 Å². The Labute approximate surface area is 186 Å². The van der Waals surface area contributed by atoms with Gasteiger partial charge in [0.05, 0.1) is 38.7 Å². The molecule has 0 saturated heterocycles. The molecule has 2 N–H and O–H groups in total. The van der Waals surface area contributed by atoms with E-state index in [-0.39, 0.29) is 11.9 Å². The molecule has 2 aromatic rings. The fourth-order valence-corrected chi connectivity index (χ4v) is 3.01. The van der Waals surface area contributed by atoms with E-state index in [4.69, 9.17) is 9.47 Å². The van der Waals surface area contributed by atoms with Crippen LogP contribution in [0.3, 0.4) is 0 Å². The van der Waals surface area contributed by atoms with E-state index in [0.717, 1.165) is 12.1 Å². The largest absolute Gasteiger partial charge is 0.378 e. The van der Waals surface area contributed by atoms with Crippen LogP contribution in [0.25, 0.3) is 0 Å². The first-order chi connectivity index (χ1) is 14.9. The van der Waals surface area contributed by atoms with Crippen molar-refractivity contribution in [3.63, 3.8) is 0 Å². The Bertz CT molecular complexity index is 771. The molecule has 0 aliphatic rings. The summed E-state index contributed by atoms with van der Waals surface area (Å²) >= 11 is 0. The molecule has 0 fully saturated rings. The van der Waals surface area contributed by atoms with Gasteiger partial charge in [0, 0.05) is 30.9 Å². The van der Waals surface area contributed by atoms with E-state index in [1.807, 2.05) is 35.1 Å². The highest BCUT2D eigenvalue weighted by atomic mass is 16.5. The van der Waals surface area contributed by atoms with Gasteiger partial charge in [0.25, 0.3) is 5.91 Å². The van der Waals surface area contributed by atoms with E-state index < -0.39 is 0 Å². The smallest absolute Gasteiger partial charge is 0.251 e. The molecule has 0 aliphatic heterocycles. The molecule has 0 aliphatic carbocycles. The van der Waals surface area contributed by atoms with Crippen LogP contribution >= 0.6 is 0 Å². The molecule has 1 unspecified atom stereocenters. The Balaban J connectivity index is 1.65. The molecule has 1 aromatic heterocycles. The van der Waals surface area contributed by atoms with Gasteiger partial charge in [-0.25, -0.2) is 0 Å². The van der Waals surface area contributed by atoms with Crippen molar-refractivity contribution in [2.45, 2.75) is 52.6 Å². The van der Waals surface area contributed by atoms with E-state index >= 15 is 0 Å². The lowest BCUT2D eigenvalue weighted by Crippen LogP contribution is -2.28. The molecule has 1 atom stereocenters. The molecular formula is C24H38N4O3. The number of aromatic nitrogens is 2. The molecule has 0 radical (unpaired) electrons. The predicted molar refractivity (Wildman–Crippen MR) is 124 cm³/mol. The Kier molecular flexibility index (Phi) is 10.7. The molecule has 2 rings (SSSR count). The molecule has 7 heteroatoms. The molecule has 1 heterocycles. The summed E-state index contributed by atoms with van der Waals surface area (Å²) in [5.41, 5.74) is 2.97. The van der Waals surface area contributed by atoms with E-state index in [9.17, 15) is 4.79 Å². The van der Waals surface area contributed by atoms with Gasteiger partial charge in [0.15, 0.2) is 0 Å². The molecule has 7 nitrogen and oxygen atoms in total. The van der Waals surface area contributed by atoms with Crippen LogP contribution in [0.2, 0.25) is 0 Å². The van der Waals surface area contributed by atoms with Crippen molar-refractivity contribution in [3.05, 3.63) is 53.3 Å². The maximum absolute atomic E-state index is 12.3. The maximum atomic E-state index is 12.3. The lowest BCUT2D eigenvalue weighted by atomic mass is 10.1. The van der Waals surface area contributed by atoms with E-state index in [2.05, 4.69) is 56.5 Å². The quantitative estimate of drug-likeness (QED) is 0.449. The van der Waals surface area contributed by atoms with Crippen molar-refractivity contribution >= 4 is 5.91 Å². The third-order valence-corrected chi connectivity index (χ3v) is 5.04. The van der Waals surface area contributed by atoms with Gasteiger partial charge < -0.3 is 20.1 Å². The first kappa shape index (κ1) is 25.0. The average Bonchev–Trinajstić information content (AvgIpc) is 3.25. The number of amides is 1. The summed E-state index contributed by atoms with van der Waals surface area (Å²) < 4.78 is 12.9. The molecule has 1 aromatic carbocycles. The van der Waals surface area contributed by atoms with Gasteiger partial charge in [0.1, 0.15) is 0 Å². The number of hydrogen-bond donors (Lipinski definition) is 2. The highest BCUT2D eigenvalue weighted by Crippen LogP contribution is 2.20. The summed E-state index contributed by atoms with van der Waals surface area (Å²) in [6, 6.07) is 8.26. The van der Waals surface area contributed by atoms with Crippen molar-refractivity contribution in [2.75, 3.05) is 39.5 Å². The minimum atomic E-state index is -0.0972. The fourth-order valence-electron chi connectivity index (χ4n) is 3.01. The number of hydrogen-bond acceptors (Lipinski definition) is 5. The topological polar surface area (TPSA) is 77.4 Å². The van der Waals surface area contributed by atoms with Gasteiger partial charge in [-0.05, 0) is 36.1 Å². The van der Waals surface area contributed by atoms with Gasteiger partial charge in [-0.2, -0.15) is 5.10 Å². The summed E-state index contributed by atoms with van der Waals surface area (Å²) in [6.07, 6.45) is 4.00. The van der Waals surface area contributed by atoms with Gasteiger partial charge in [-0.1, -0.05) is 39.8 Å². The summed E-state index contributed by atoms with van der Waals surface area (Å²) in [5.74, 6) is 0.357. The lowest BCUT2D eigenvalue weighted by molar-refractivity contribution is 0.0489. The van der Waals surface area contributed by atoms with Crippen LogP contribution in [0.1, 0.15) is 68.1 Å². The van der Waals surface area contributed by atoms with E-state index in [1.54, 1.807) is 0 Å². The zero-order valence-electron chi connectivity index (χ0n) is 19.6. The second-order valence-corrected chi connectivity index (χ2v) is 8.30. The van der Waals surface area contributed by atoms with E-state index in [1.165, 1.54) is 5.56 Å². The minimum Gasteiger partial charge on any atom is -0.378 e. The van der Waals surface area contributed by atoms with Gasteiger partial charge in [0.2, 0.25) is 0 Å². The van der Waals surface area contributed by atoms with Gasteiger partial charge >= 0.3 is 0 Å². The van der Waals surface area contributed by atoms with Crippen LogP contribution < -0.4 is 10.6 Å². The Morgan fingerprint density at radius 1 is 0.935 bits per heavy atom. The molecule has 1 amide bonds. The number of carbonyl (C=O) groups is 1. The van der Waals surface area contributed by atoms with Crippen LogP contribution in [0, 0.1) is 0 Å². The monoisotopic (exact) mass is 430 g/mol. The second-order valence-electron chi connectivity index (χ2n) is 8.30. The molecule has 0 bridgehead atoms. The van der Waals surface area contributed by atoms with Crippen LogP contribution in [0.4, 0.5) is 0 Å². The minimum absolute atomic E-state index is 0.0972. The van der Waals surface area contributed by atoms with Crippen molar-refractivity contribution in [1.82, 2.24) is 20.4 Å². The second kappa shape index (κ2) is 13.2. The first-order valence-corrected chi connectivity index (χ1v) is 11.2. The summed E-state index contributed by atoms with van der Waals surface area (Å²) in [6.45, 7) is 14.2. The lowest BCUT2D eigenvalue weighted by Gasteiger charge is -2.13. The number of benzene rings is 1. The standard InChI is InChI=1S/C24H38N4O3/c1-18(2)23-16-27-28(17-23)20(5)21-6-8-22(9-7-21)24(29)26-11-13-31-15-14-30-12-10-25-19(3)4/h6-9,16-20,25H,10-15H2,1-5H3,(H,26,29). The molecule has 31 heavy (non-hydrogen) atoms. The molecular weight excluding hydrogens is 392 g/mol. The van der Waals surface area contributed by atoms with Crippen molar-refractivity contribution < 1.29 is 14.3 Å². The highest BCUT2D eigenvalue weighted by molar-refractivity contribution is 5.94. The van der Waals surface area contributed by atoms with Gasteiger partial charge in [-0.15, -0.1) is 0 Å². The van der Waals surface area contributed by atoms with Crippen LogP contribution in [-0.2, 0) is 9.47 Å². The summed E-state index contributed by atoms with van der Waals surface area (Å²) in [7, 11) is 0. The van der Waals surface area contributed by atoms with Crippen molar-refractivity contribution in [3.8, 4) is 0 Å². The van der Waals surface area contributed by atoms with Gasteiger partial charge in [-0.3, -0.25) is 9.48 Å². The maximum Gasteiger partial charge on any atom is 0.251 e. The zero-order chi connectivity index (χ0) is 22.6. The summed E-state index contributed by atoms with van der Waals surface area (Å²) in [5, 5.41) is 10.7. The number of nitrogens with one attached hydrogen (secondary N) is 2. The van der Waals surface area contributed by atoms with Crippen LogP contribution in [0.15, 0.2) is 36.7 Å².